The van der Waals surface area contributed by atoms with Gasteiger partial charge in [0.2, 0.25) is 5.91 Å². The second-order valence-electron chi connectivity index (χ2n) is 33.7. The van der Waals surface area contributed by atoms with E-state index in [4.69, 9.17) is 10.8 Å². The van der Waals surface area contributed by atoms with Crippen LogP contribution in [0.1, 0.15) is 150 Å². The third kappa shape index (κ3) is 23.8. The van der Waals surface area contributed by atoms with E-state index in [0.29, 0.717) is 111 Å². The monoisotopic (exact) mass is 1550 g/mol. The van der Waals surface area contributed by atoms with Gasteiger partial charge in [-0.1, -0.05) is 20.8 Å². The molecular formula is C82H112F3N19O8. The second-order valence-corrected chi connectivity index (χ2v) is 33.7. The Morgan fingerprint density at radius 1 is 0.518 bits per heavy atom. The SMILES string of the molecule is CC(C)(N)CO.C[C@H]1C[C@@H](CC(=O)CC2CCN(C(=O)NC(C)(C)CO)CC2F)CN(c2cnc(C#N)c3ncccc23)C1.C[C@H]1C[C@@H](CC(=O)CC2CCNCC2F)CN(c2cnc(C#N)c3ncccc23)C1.C[C@H]1C[C@@H](NC(=O)CC2CCN(C(=O)NC(C)(C)CO)CC2F)CN(c2cnc(C#N)c3ncccc23)C1. The minimum absolute atomic E-state index is 0.0486. The molecule has 6 unspecified atom stereocenters. The number of fused-ring (bicyclic) bond motifs is 3. The molecule has 6 saturated heterocycles. The first-order chi connectivity index (χ1) is 53.3. The Morgan fingerprint density at radius 3 is 1.26 bits per heavy atom. The maximum absolute atomic E-state index is 15.0. The minimum Gasteiger partial charge on any atom is -0.394 e. The summed E-state index contributed by atoms with van der Waals surface area (Å²) in [6.07, 6.45) is 12.4. The quantitative estimate of drug-likeness (QED) is 0.0375. The number of nitrogens with zero attached hydrogens (tertiary/aromatic N) is 14. The summed E-state index contributed by atoms with van der Waals surface area (Å²) < 4.78 is 44.1. The lowest BCUT2D eigenvalue weighted by Crippen LogP contribution is -2.56. The third-order valence-corrected chi connectivity index (χ3v) is 21.7. The molecule has 6 fully saturated rings. The molecule has 6 aliphatic rings. The van der Waals surface area contributed by atoms with Crippen molar-refractivity contribution in [3.8, 4) is 18.2 Å². The third-order valence-electron chi connectivity index (χ3n) is 21.7. The number of nitriles is 3. The van der Waals surface area contributed by atoms with Crippen molar-refractivity contribution < 1.29 is 52.5 Å². The van der Waals surface area contributed by atoms with Crippen LogP contribution in [0.2, 0.25) is 0 Å². The number of aliphatic hydroxyl groups excluding tert-OH is 3. The molecule has 30 heteroatoms. The molecule has 0 spiro atoms. The van der Waals surface area contributed by atoms with E-state index in [2.05, 4.69) is 105 Å². The number of hydrogen-bond donors (Lipinski definition) is 8. The lowest BCUT2D eigenvalue weighted by Gasteiger charge is -2.39. The van der Waals surface area contributed by atoms with Crippen molar-refractivity contribution in [1.29, 1.82) is 15.8 Å². The van der Waals surface area contributed by atoms with Crippen LogP contribution >= 0.6 is 0 Å². The second kappa shape index (κ2) is 39.3. The van der Waals surface area contributed by atoms with Gasteiger partial charge in [-0.2, -0.15) is 15.8 Å². The van der Waals surface area contributed by atoms with Gasteiger partial charge >= 0.3 is 12.1 Å². The Morgan fingerprint density at radius 2 is 0.893 bits per heavy atom. The normalized spacial score (nSPS) is 24.3. The smallest absolute Gasteiger partial charge is 0.317 e. The number of hydrogen-bond acceptors (Lipinski definition) is 22. The molecule has 0 aromatic carbocycles. The van der Waals surface area contributed by atoms with Crippen LogP contribution in [0.5, 0.6) is 0 Å². The molecule has 12 rings (SSSR count). The zero-order valence-electron chi connectivity index (χ0n) is 66.1. The fraction of sp³-hybridized carbons (Fsp3) is 0.610. The number of nitrogens with one attached hydrogen (secondary N) is 4. The van der Waals surface area contributed by atoms with Gasteiger partial charge in [-0.25, -0.2) is 37.7 Å². The molecule has 0 saturated carbocycles. The van der Waals surface area contributed by atoms with E-state index in [1.807, 2.05) is 36.4 Å². The van der Waals surface area contributed by atoms with Crippen molar-refractivity contribution in [2.75, 3.05) is 113 Å². The number of alkyl halides is 3. The van der Waals surface area contributed by atoms with Crippen LogP contribution in [-0.2, 0) is 14.4 Å². The van der Waals surface area contributed by atoms with Gasteiger partial charge in [-0.3, -0.25) is 29.3 Å². The number of rotatable bonds is 19. The van der Waals surface area contributed by atoms with Crippen molar-refractivity contribution in [2.45, 2.75) is 174 Å². The van der Waals surface area contributed by atoms with E-state index in [-0.39, 0.29) is 92.7 Å². The summed E-state index contributed by atoms with van der Waals surface area (Å²) in [6.45, 7) is 22.7. The molecule has 5 amide bonds. The van der Waals surface area contributed by atoms with Gasteiger partial charge in [0.25, 0.3) is 0 Å². The Labute approximate surface area is 654 Å². The van der Waals surface area contributed by atoms with Gasteiger partial charge in [0.15, 0.2) is 17.1 Å². The minimum atomic E-state index is -1.30. The van der Waals surface area contributed by atoms with E-state index < -0.39 is 59.0 Å². The lowest BCUT2D eigenvalue weighted by molar-refractivity contribution is -0.124. The van der Waals surface area contributed by atoms with Crippen molar-refractivity contribution in [3.05, 3.63) is 90.7 Å². The maximum atomic E-state index is 15.0. The highest BCUT2D eigenvalue weighted by Crippen LogP contribution is 2.38. The highest BCUT2D eigenvalue weighted by atomic mass is 19.1. The Balaban J connectivity index is 0.000000187. The molecule has 6 aromatic heterocycles. The van der Waals surface area contributed by atoms with Crippen LogP contribution < -0.4 is 41.7 Å². The van der Waals surface area contributed by atoms with Gasteiger partial charge < -0.3 is 66.8 Å². The van der Waals surface area contributed by atoms with Crippen molar-refractivity contribution in [3.63, 3.8) is 0 Å². The first-order valence-corrected chi connectivity index (χ1v) is 39.2. The predicted molar refractivity (Wildman–Crippen MR) is 423 cm³/mol. The van der Waals surface area contributed by atoms with Crippen molar-refractivity contribution >= 4 is 79.3 Å². The number of carbonyl (C=O) groups is 5. The lowest BCUT2D eigenvalue weighted by atomic mass is 9.83. The van der Waals surface area contributed by atoms with Crippen molar-refractivity contribution in [2.24, 2.45) is 53.1 Å². The largest absolute Gasteiger partial charge is 0.394 e. The van der Waals surface area contributed by atoms with Crippen LogP contribution in [0.4, 0.5) is 39.8 Å². The highest BCUT2D eigenvalue weighted by molar-refractivity contribution is 5.96. The predicted octanol–water partition coefficient (Wildman–Crippen LogP) is 8.79. The summed E-state index contributed by atoms with van der Waals surface area (Å²) in [5.41, 5.74) is 8.70. The zero-order chi connectivity index (χ0) is 81.2. The molecule has 0 aliphatic carbocycles. The average Bonchev–Trinajstić information content (AvgIpc) is 0.790. The standard InChI is InChI=1S/C28H37FN6O3.C27H36FN7O3.C23H28FN5O.C4H11NO/c1-18-9-19(15-35(14-18)25-13-32-24(12-30)26-22(25)5-4-7-31-26)10-21(37)11-20-6-8-34(16-23(20)29)27(38)33-28(2,3)17-36;1-17-9-19(14-35(13-17)23-12-31-22(11-29)25-20(23)5-4-7-30-25)32-24(37)10-18-6-8-34(15-21(18)28)26(38)33-27(2,3)16-36;1-15-7-16(8-18(30)9-17-4-6-26-11-20(17)24)14-29(13-15)22-12-28-21(10-25)23-19(22)3-2-5-27-23;1-4(2,5)3-6/h4-5,7,13,18-20,23,36H,6,8-11,14-17H2,1-3H3,(H,33,38);4-5,7,12,17-19,21,36H,6,8-10,13-16H2,1-3H3,(H,32,37)(H,33,38);2-3,5,12,15-17,20,26H,4,6-9,11,13-14H2,1H3;6H,3,5H2,1-2H3/t18-,19-,20?,23?;17-,18?,19+,21?;15-,16-,17?,20?;/m000./s1. The van der Waals surface area contributed by atoms with Gasteiger partial charge in [-0.05, 0) is 159 Å². The highest BCUT2D eigenvalue weighted by Gasteiger charge is 2.39. The number of carbonyl (C=O) groups excluding carboxylic acids is 5. The molecule has 604 valence electrons. The number of amides is 5. The van der Waals surface area contributed by atoms with Crippen molar-refractivity contribution in [1.82, 2.24) is 61.0 Å². The zero-order valence-corrected chi connectivity index (χ0v) is 66.1. The molecule has 112 heavy (non-hydrogen) atoms. The summed E-state index contributed by atoms with van der Waals surface area (Å²) in [5, 5.41) is 69.4. The van der Waals surface area contributed by atoms with Gasteiger partial charge in [0.1, 0.15) is 64.8 Å². The number of halogens is 3. The molecule has 0 radical (unpaired) electrons. The fourth-order valence-electron chi connectivity index (χ4n) is 16.1. The molecular weight excluding hydrogens is 1440 g/mol. The number of anilines is 3. The molecule has 12 heterocycles. The number of ketones is 2. The van der Waals surface area contributed by atoms with Crippen LogP contribution in [-0.4, -0.2) is 224 Å². The number of aliphatic hydroxyl groups is 3. The Bertz CT molecular complexity index is 4170. The topological polar surface area (TPSA) is 385 Å². The summed E-state index contributed by atoms with van der Waals surface area (Å²) >= 11 is 0. The summed E-state index contributed by atoms with van der Waals surface area (Å²) in [5.74, 6) is 0.515. The maximum Gasteiger partial charge on any atom is 0.317 e. The number of nitrogens with two attached hydrogens (primary N) is 1. The molecule has 6 aliphatic heterocycles. The van der Waals surface area contributed by atoms with Gasteiger partial charge in [0.05, 0.1) is 79.6 Å². The van der Waals surface area contributed by atoms with E-state index >= 15 is 4.39 Å². The van der Waals surface area contributed by atoms with Crippen LogP contribution in [0.3, 0.4) is 0 Å². The summed E-state index contributed by atoms with van der Waals surface area (Å²) in [6, 6.07) is 16.8. The fourth-order valence-corrected chi connectivity index (χ4v) is 16.1. The van der Waals surface area contributed by atoms with Crippen LogP contribution in [0.15, 0.2) is 73.6 Å². The molecule has 27 nitrogen and oxygen atoms in total. The number of aromatic nitrogens is 6. The number of piperidine rings is 6. The summed E-state index contributed by atoms with van der Waals surface area (Å²) in [4.78, 5) is 99.1. The van der Waals surface area contributed by atoms with E-state index in [1.54, 1.807) is 78.7 Å². The van der Waals surface area contributed by atoms with Crippen LogP contribution in [0.25, 0.3) is 32.7 Å². The van der Waals surface area contributed by atoms with Crippen LogP contribution in [0, 0.1) is 81.3 Å². The molecule has 9 N–H and O–H groups in total. The number of pyridine rings is 6. The number of urea groups is 2. The Kier molecular flexibility index (Phi) is 30.3. The molecule has 12 atom stereocenters. The molecule has 0 bridgehead atoms. The number of likely N-dealkylation sites (tertiary alicyclic amines) is 2. The number of Topliss-reactive ketones (excluding diaryl/α,β-unsaturated/α-hetero) is 2. The van der Waals surface area contributed by atoms with E-state index in [0.717, 1.165) is 91.6 Å². The van der Waals surface area contributed by atoms with Gasteiger partial charge in [-0.15, -0.1) is 0 Å². The van der Waals surface area contributed by atoms with E-state index in [1.165, 1.54) is 9.80 Å². The first kappa shape index (κ1) is 86.5. The average molecular weight is 1550 g/mol. The summed E-state index contributed by atoms with van der Waals surface area (Å²) in [7, 11) is 0. The van der Waals surface area contributed by atoms with E-state index in [9.17, 15) is 58.8 Å². The molecule has 6 aromatic rings. The Hall–Kier alpha value is -9.51. The van der Waals surface area contributed by atoms with Gasteiger partial charge in [0, 0.05) is 149 Å². The first-order valence-electron chi connectivity index (χ1n) is 39.2.